The van der Waals surface area contributed by atoms with Gasteiger partial charge in [-0.2, -0.15) is 0 Å². The van der Waals surface area contributed by atoms with Gasteiger partial charge in [0.15, 0.2) is 0 Å². The maximum atomic E-state index is 5.43. The summed E-state index contributed by atoms with van der Waals surface area (Å²) in [6.07, 6.45) is 7.27. The van der Waals surface area contributed by atoms with Crippen molar-refractivity contribution in [3.63, 3.8) is 0 Å². The van der Waals surface area contributed by atoms with Crippen molar-refractivity contribution in [2.45, 2.75) is 12.3 Å². The lowest BCUT2D eigenvalue weighted by Crippen LogP contribution is -2.35. The standard InChI is InChI=1S/C21H24N2O/c1-17(23-13-15-24-16-14-23)18-5-3-4-6-19(8-7-18)20-9-11-21(22-2)12-10-20/h5,7-12,19,22H,1,3,13-16H2,2H3. The Bertz CT molecular complexity index is 698. The fraction of sp³-hybridized carbons (Fsp3) is 0.333. The van der Waals surface area contributed by atoms with Crippen LogP contribution in [0.4, 0.5) is 5.69 Å². The summed E-state index contributed by atoms with van der Waals surface area (Å²) in [6.45, 7) is 7.65. The van der Waals surface area contributed by atoms with Crippen molar-refractivity contribution in [2.24, 2.45) is 0 Å². The van der Waals surface area contributed by atoms with Gasteiger partial charge in [0, 0.05) is 37.9 Å². The molecule has 0 spiro atoms. The average molecular weight is 320 g/mol. The highest BCUT2D eigenvalue weighted by molar-refractivity contribution is 5.48. The Labute approximate surface area is 144 Å². The Balaban J connectivity index is 1.76. The average Bonchev–Trinajstić information content (AvgIpc) is 2.62. The van der Waals surface area contributed by atoms with Gasteiger partial charge in [-0.1, -0.05) is 48.8 Å². The number of hydrogen-bond donors (Lipinski definition) is 1. The molecule has 1 heterocycles. The molecule has 1 aliphatic carbocycles. The van der Waals surface area contributed by atoms with E-state index in [1.165, 1.54) is 11.1 Å². The van der Waals surface area contributed by atoms with E-state index in [2.05, 4.69) is 71.1 Å². The van der Waals surface area contributed by atoms with Gasteiger partial charge in [0.05, 0.1) is 19.1 Å². The van der Waals surface area contributed by atoms with Crippen LogP contribution >= 0.6 is 0 Å². The molecule has 1 aliphatic heterocycles. The molecule has 3 rings (SSSR count). The summed E-state index contributed by atoms with van der Waals surface area (Å²) in [5.74, 6) is 6.75. The van der Waals surface area contributed by atoms with E-state index >= 15 is 0 Å². The predicted molar refractivity (Wildman–Crippen MR) is 99.9 cm³/mol. The summed E-state index contributed by atoms with van der Waals surface area (Å²) < 4.78 is 5.43. The number of nitrogens with one attached hydrogen (secondary N) is 1. The van der Waals surface area contributed by atoms with Gasteiger partial charge >= 0.3 is 0 Å². The molecule has 3 heteroatoms. The molecule has 2 aliphatic rings. The van der Waals surface area contributed by atoms with E-state index in [1.807, 2.05) is 7.05 Å². The summed E-state index contributed by atoms with van der Waals surface area (Å²) in [6, 6.07) is 8.45. The maximum Gasteiger partial charge on any atom is 0.0642 e. The molecule has 1 saturated heterocycles. The number of morpholine rings is 1. The first kappa shape index (κ1) is 16.4. The third-order valence-electron chi connectivity index (χ3n) is 4.43. The van der Waals surface area contributed by atoms with Crippen LogP contribution in [-0.4, -0.2) is 38.3 Å². The van der Waals surface area contributed by atoms with Crippen LogP contribution in [0.2, 0.25) is 0 Å². The first-order valence-corrected chi connectivity index (χ1v) is 8.44. The lowest BCUT2D eigenvalue weighted by molar-refractivity contribution is 0.0551. The van der Waals surface area contributed by atoms with Crippen LogP contribution in [0.15, 0.2) is 60.3 Å². The molecule has 0 amide bonds. The molecule has 1 N–H and O–H groups in total. The second kappa shape index (κ2) is 7.90. The van der Waals surface area contributed by atoms with E-state index < -0.39 is 0 Å². The zero-order chi connectivity index (χ0) is 16.8. The highest BCUT2D eigenvalue weighted by Crippen LogP contribution is 2.24. The van der Waals surface area contributed by atoms with Gasteiger partial charge in [-0.05, 0) is 23.3 Å². The highest BCUT2D eigenvalue weighted by Gasteiger charge is 2.15. The maximum absolute atomic E-state index is 5.43. The molecule has 1 atom stereocenters. The van der Waals surface area contributed by atoms with Gasteiger partial charge < -0.3 is 15.0 Å². The SMILES string of the molecule is C=C(C1=CCC#CC(c2ccc(NC)cc2)C=C1)N1CCOCC1. The lowest BCUT2D eigenvalue weighted by Gasteiger charge is -2.31. The predicted octanol–water partition coefficient (Wildman–Crippen LogP) is 3.55. The minimum Gasteiger partial charge on any atom is -0.388 e. The van der Waals surface area contributed by atoms with Crippen molar-refractivity contribution in [1.82, 2.24) is 4.90 Å². The fourth-order valence-corrected chi connectivity index (χ4v) is 2.93. The van der Waals surface area contributed by atoms with Gasteiger partial charge in [-0.15, -0.1) is 0 Å². The third-order valence-corrected chi connectivity index (χ3v) is 4.43. The molecule has 1 unspecified atom stereocenters. The van der Waals surface area contributed by atoms with Gasteiger partial charge in [0.25, 0.3) is 0 Å². The van der Waals surface area contributed by atoms with E-state index in [4.69, 9.17) is 4.74 Å². The summed E-state index contributed by atoms with van der Waals surface area (Å²) in [7, 11) is 1.93. The van der Waals surface area contributed by atoms with Crippen LogP contribution in [0.1, 0.15) is 17.9 Å². The summed E-state index contributed by atoms with van der Waals surface area (Å²) >= 11 is 0. The Hall–Kier alpha value is -2.44. The van der Waals surface area contributed by atoms with Gasteiger partial charge in [-0.25, -0.2) is 0 Å². The number of benzene rings is 1. The normalized spacial score (nSPS) is 20.3. The van der Waals surface area contributed by atoms with Crippen LogP contribution in [-0.2, 0) is 4.74 Å². The zero-order valence-corrected chi connectivity index (χ0v) is 14.2. The van der Waals surface area contributed by atoms with Gasteiger partial charge in [0.1, 0.15) is 0 Å². The van der Waals surface area contributed by atoms with Crippen molar-refractivity contribution >= 4 is 5.69 Å². The van der Waals surface area contributed by atoms with E-state index in [-0.39, 0.29) is 5.92 Å². The molecule has 0 bridgehead atoms. The Morgan fingerprint density at radius 2 is 2.00 bits per heavy atom. The second-order valence-electron chi connectivity index (χ2n) is 5.94. The van der Waals surface area contributed by atoms with Gasteiger partial charge in [0.2, 0.25) is 0 Å². The van der Waals surface area contributed by atoms with Crippen LogP contribution < -0.4 is 5.32 Å². The molecule has 1 aromatic carbocycles. The van der Waals surface area contributed by atoms with Crippen LogP contribution in [0, 0.1) is 11.8 Å². The molecule has 24 heavy (non-hydrogen) atoms. The Kier molecular flexibility index (Phi) is 5.40. The van der Waals surface area contributed by atoms with Crippen molar-refractivity contribution in [1.29, 1.82) is 0 Å². The second-order valence-corrected chi connectivity index (χ2v) is 5.94. The largest absolute Gasteiger partial charge is 0.388 e. The lowest BCUT2D eigenvalue weighted by atomic mass is 9.95. The monoisotopic (exact) mass is 320 g/mol. The zero-order valence-electron chi connectivity index (χ0n) is 14.2. The van der Waals surface area contributed by atoms with Crippen molar-refractivity contribution in [2.75, 3.05) is 38.7 Å². The molecule has 0 radical (unpaired) electrons. The number of hydrogen-bond acceptors (Lipinski definition) is 3. The summed E-state index contributed by atoms with van der Waals surface area (Å²) in [4.78, 5) is 2.30. The molecule has 3 nitrogen and oxygen atoms in total. The molecule has 1 aromatic rings. The first-order chi connectivity index (χ1) is 11.8. The van der Waals surface area contributed by atoms with Crippen molar-refractivity contribution < 1.29 is 4.74 Å². The number of ether oxygens (including phenoxy) is 1. The third kappa shape index (κ3) is 3.90. The Morgan fingerprint density at radius 1 is 1.25 bits per heavy atom. The van der Waals surface area contributed by atoms with Crippen LogP contribution in [0.5, 0.6) is 0 Å². The minimum atomic E-state index is 0.122. The summed E-state index contributed by atoms with van der Waals surface area (Å²) in [5, 5.41) is 3.15. The number of nitrogens with zero attached hydrogens (tertiary/aromatic N) is 1. The number of anilines is 1. The molecule has 0 aromatic heterocycles. The highest BCUT2D eigenvalue weighted by atomic mass is 16.5. The minimum absolute atomic E-state index is 0.122. The van der Waals surface area contributed by atoms with Crippen LogP contribution in [0.3, 0.4) is 0 Å². The first-order valence-electron chi connectivity index (χ1n) is 8.44. The topological polar surface area (TPSA) is 24.5 Å². The fourth-order valence-electron chi connectivity index (χ4n) is 2.93. The molecular formula is C21H24N2O. The number of rotatable bonds is 4. The molecular weight excluding hydrogens is 296 g/mol. The van der Waals surface area contributed by atoms with Gasteiger partial charge in [-0.3, -0.25) is 0 Å². The molecule has 1 fully saturated rings. The number of allylic oxidation sites excluding steroid dienone is 3. The molecule has 0 saturated carbocycles. The van der Waals surface area contributed by atoms with Crippen LogP contribution in [0.25, 0.3) is 0 Å². The van der Waals surface area contributed by atoms with Crippen molar-refractivity contribution in [3.05, 3.63) is 65.9 Å². The van der Waals surface area contributed by atoms with Crippen molar-refractivity contribution in [3.8, 4) is 11.8 Å². The Morgan fingerprint density at radius 3 is 2.71 bits per heavy atom. The van der Waals surface area contributed by atoms with E-state index in [1.54, 1.807) is 0 Å². The summed E-state index contributed by atoms with van der Waals surface area (Å²) in [5.41, 5.74) is 4.57. The van der Waals surface area contributed by atoms with E-state index in [0.29, 0.717) is 0 Å². The molecule has 124 valence electrons. The van der Waals surface area contributed by atoms with E-state index in [0.717, 1.165) is 44.1 Å². The quantitative estimate of drug-likeness (QED) is 0.859. The van der Waals surface area contributed by atoms with E-state index in [9.17, 15) is 0 Å². The smallest absolute Gasteiger partial charge is 0.0642 e.